The average Bonchev–Trinajstić information content (AvgIpc) is 2.30. The lowest BCUT2D eigenvalue weighted by molar-refractivity contribution is 1.30. The third-order valence-electron chi connectivity index (χ3n) is 1.67. The van der Waals surface area contributed by atoms with Crippen LogP contribution in [0.3, 0.4) is 0 Å². The number of rotatable bonds is 0. The Balaban J connectivity index is 0.000000180. The SMILES string of the molecule is Nc1ncc(Br)cc1I.Nc1ncc(Br)cc1I. The summed E-state index contributed by atoms with van der Waals surface area (Å²) in [6.07, 6.45) is 3.36. The molecule has 0 saturated heterocycles. The molecule has 0 spiro atoms. The normalized spacial score (nSPS) is 9.56. The van der Waals surface area contributed by atoms with Gasteiger partial charge in [-0.2, -0.15) is 0 Å². The van der Waals surface area contributed by atoms with E-state index in [1.54, 1.807) is 12.4 Å². The number of hydrogen-bond acceptors (Lipinski definition) is 4. The Morgan fingerprint density at radius 2 is 1.17 bits per heavy atom. The van der Waals surface area contributed by atoms with Crippen molar-refractivity contribution in [3.8, 4) is 0 Å². The minimum absolute atomic E-state index is 0.582. The zero-order valence-corrected chi connectivity index (χ0v) is 16.4. The molecule has 0 atom stereocenters. The highest BCUT2D eigenvalue weighted by Gasteiger charge is 1.95. The monoisotopic (exact) mass is 596 g/mol. The second kappa shape index (κ2) is 7.80. The first-order valence-electron chi connectivity index (χ1n) is 4.53. The summed E-state index contributed by atoms with van der Waals surface area (Å²) in [7, 11) is 0. The van der Waals surface area contributed by atoms with Gasteiger partial charge in [-0.3, -0.25) is 0 Å². The van der Waals surface area contributed by atoms with Gasteiger partial charge in [0.25, 0.3) is 0 Å². The van der Waals surface area contributed by atoms with Crippen LogP contribution in [0.15, 0.2) is 33.5 Å². The van der Waals surface area contributed by atoms with Crippen molar-refractivity contribution in [3.05, 3.63) is 40.6 Å². The topological polar surface area (TPSA) is 77.8 Å². The van der Waals surface area contributed by atoms with Gasteiger partial charge in [-0.15, -0.1) is 0 Å². The van der Waals surface area contributed by atoms with Crippen LogP contribution in [-0.2, 0) is 0 Å². The molecule has 0 aliphatic rings. The van der Waals surface area contributed by atoms with E-state index >= 15 is 0 Å². The molecule has 2 heterocycles. The minimum Gasteiger partial charge on any atom is -0.383 e. The van der Waals surface area contributed by atoms with Gasteiger partial charge in [-0.25, -0.2) is 9.97 Å². The van der Waals surface area contributed by atoms with E-state index in [2.05, 4.69) is 87.0 Å². The summed E-state index contributed by atoms with van der Waals surface area (Å²) < 4.78 is 3.87. The fraction of sp³-hybridized carbons (Fsp3) is 0. The molecule has 2 aromatic rings. The first-order chi connectivity index (χ1) is 8.40. The van der Waals surface area contributed by atoms with Crippen molar-refractivity contribution in [2.45, 2.75) is 0 Å². The number of aromatic nitrogens is 2. The maximum atomic E-state index is 5.45. The predicted molar refractivity (Wildman–Crippen MR) is 98.1 cm³/mol. The van der Waals surface area contributed by atoms with Crippen LogP contribution in [0, 0.1) is 7.14 Å². The van der Waals surface area contributed by atoms with Crippen molar-refractivity contribution in [1.82, 2.24) is 9.97 Å². The van der Waals surface area contributed by atoms with Crippen molar-refractivity contribution < 1.29 is 0 Å². The first kappa shape index (κ1) is 16.4. The van der Waals surface area contributed by atoms with Crippen LogP contribution in [0.2, 0.25) is 0 Å². The number of pyridine rings is 2. The summed E-state index contributed by atoms with van der Waals surface area (Å²) in [5.74, 6) is 1.16. The highest BCUT2D eigenvalue weighted by molar-refractivity contribution is 14.1. The van der Waals surface area contributed by atoms with E-state index in [9.17, 15) is 0 Å². The lowest BCUT2D eigenvalue weighted by atomic mass is 10.5. The molecular weight excluding hydrogens is 590 g/mol. The van der Waals surface area contributed by atoms with Crippen LogP contribution in [0.1, 0.15) is 0 Å². The quantitative estimate of drug-likeness (QED) is 0.449. The van der Waals surface area contributed by atoms with Gasteiger partial charge in [-0.05, 0) is 89.2 Å². The maximum absolute atomic E-state index is 5.45. The first-order valence-corrected chi connectivity index (χ1v) is 8.27. The molecule has 96 valence electrons. The van der Waals surface area contributed by atoms with Crippen LogP contribution in [0.25, 0.3) is 0 Å². The second-order valence-electron chi connectivity index (χ2n) is 3.04. The lowest BCUT2D eigenvalue weighted by Gasteiger charge is -1.94. The van der Waals surface area contributed by atoms with Crippen LogP contribution >= 0.6 is 77.0 Å². The molecule has 2 aromatic heterocycles. The molecular formula is C10H8Br2I2N4. The van der Waals surface area contributed by atoms with E-state index in [-0.39, 0.29) is 0 Å². The molecule has 0 aliphatic carbocycles. The molecule has 0 amide bonds. The second-order valence-corrected chi connectivity index (χ2v) is 7.20. The third-order valence-corrected chi connectivity index (χ3v) is 4.27. The van der Waals surface area contributed by atoms with Gasteiger partial charge in [-0.1, -0.05) is 0 Å². The third kappa shape index (κ3) is 5.53. The van der Waals surface area contributed by atoms with E-state index in [0.717, 1.165) is 16.1 Å². The summed E-state index contributed by atoms with van der Waals surface area (Å²) in [5, 5.41) is 0. The zero-order valence-electron chi connectivity index (χ0n) is 8.87. The van der Waals surface area contributed by atoms with Gasteiger partial charge >= 0.3 is 0 Å². The van der Waals surface area contributed by atoms with Crippen LogP contribution in [0.5, 0.6) is 0 Å². The molecule has 0 aromatic carbocycles. The summed E-state index contributed by atoms with van der Waals surface area (Å²) in [5.41, 5.74) is 10.9. The number of anilines is 2. The Kier molecular flexibility index (Phi) is 7.10. The van der Waals surface area contributed by atoms with E-state index in [4.69, 9.17) is 11.5 Å². The van der Waals surface area contributed by atoms with Gasteiger partial charge < -0.3 is 11.5 Å². The summed E-state index contributed by atoms with van der Waals surface area (Å²) >= 11 is 10.8. The van der Waals surface area contributed by atoms with Gasteiger partial charge in [0.05, 0.1) is 7.14 Å². The number of hydrogen-bond donors (Lipinski definition) is 2. The standard InChI is InChI=1S/2C5H4BrIN2/c2*6-3-1-4(7)5(8)9-2-3/h2*1-2H,(H2,8,9). The summed E-state index contributed by atoms with van der Waals surface area (Å²) in [6.45, 7) is 0. The Morgan fingerprint density at radius 3 is 1.39 bits per heavy atom. The van der Waals surface area contributed by atoms with E-state index in [0.29, 0.717) is 11.6 Å². The highest BCUT2D eigenvalue weighted by Crippen LogP contribution is 2.17. The van der Waals surface area contributed by atoms with E-state index < -0.39 is 0 Å². The highest BCUT2D eigenvalue weighted by atomic mass is 127. The average molecular weight is 598 g/mol. The number of nitrogens with two attached hydrogens (primary N) is 2. The fourth-order valence-corrected chi connectivity index (χ4v) is 3.32. The molecule has 4 nitrogen and oxygen atoms in total. The Labute approximate surface area is 149 Å². The lowest BCUT2D eigenvalue weighted by Crippen LogP contribution is -1.91. The smallest absolute Gasteiger partial charge is 0.136 e. The van der Waals surface area contributed by atoms with Crippen LogP contribution < -0.4 is 11.5 Å². The molecule has 4 N–H and O–H groups in total. The molecule has 0 bridgehead atoms. The summed E-state index contributed by atoms with van der Waals surface area (Å²) in [4.78, 5) is 7.80. The molecule has 2 rings (SSSR count). The predicted octanol–water partition coefficient (Wildman–Crippen LogP) is 4.06. The molecule has 0 saturated carbocycles. The Hall–Kier alpha value is 0.320. The Bertz CT molecular complexity index is 502. The number of halogens is 4. The zero-order chi connectivity index (χ0) is 13.7. The maximum Gasteiger partial charge on any atom is 0.136 e. The molecule has 18 heavy (non-hydrogen) atoms. The molecule has 0 radical (unpaired) electrons. The van der Waals surface area contributed by atoms with E-state index in [1.807, 2.05) is 12.1 Å². The van der Waals surface area contributed by atoms with Gasteiger partial charge in [0.15, 0.2) is 0 Å². The summed E-state index contributed by atoms with van der Waals surface area (Å²) in [6, 6.07) is 3.84. The van der Waals surface area contributed by atoms with E-state index in [1.165, 1.54) is 0 Å². The minimum atomic E-state index is 0.582. The van der Waals surface area contributed by atoms with Gasteiger partial charge in [0.2, 0.25) is 0 Å². The van der Waals surface area contributed by atoms with Gasteiger partial charge in [0.1, 0.15) is 11.6 Å². The van der Waals surface area contributed by atoms with Crippen molar-refractivity contribution >= 4 is 88.7 Å². The van der Waals surface area contributed by atoms with Crippen LogP contribution in [-0.4, -0.2) is 9.97 Å². The fourth-order valence-electron chi connectivity index (χ4n) is 0.850. The Morgan fingerprint density at radius 1 is 0.833 bits per heavy atom. The molecule has 0 unspecified atom stereocenters. The van der Waals surface area contributed by atoms with Crippen molar-refractivity contribution in [1.29, 1.82) is 0 Å². The van der Waals surface area contributed by atoms with Crippen LogP contribution in [0.4, 0.5) is 11.6 Å². The molecule has 0 fully saturated rings. The molecule has 0 aliphatic heterocycles. The number of nitrogens with zero attached hydrogens (tertiary/aromatic N) is 2. The van der Waals surface area contributed by atoms with Gasteiger partial charge in [0, 0.05) is 21.3 Å². The largest absolute Gasteiger partial charge is 0.383 e. The van der Waals surface area contributed by atoms with Crippen molar-refractivity contribution in [2.24, 2.45) is 0 Å². The van der Waals surface area contributed by atoms with Crippen molar-refractivity contribution in [3.63, 3.8) is 0 Å². The molecule has 8 heteroatoms. The van der Waals surface area contributed by atoms with Crippen molar-refractivity contribution in [2.75, 3.05) is 11.5 Å². The number of nitrogen functional groups attached to an aromatic ring is 2.